The fourth-order valence-corrected chi connectivity index (χ4v) is 1.12. The van der Waals surface area contributed by atoms with Gasteiger partial charge in [0.25, 0.3) is 0 Å². The lowest BCUT2D eigenvalue weighted by Gasteiger charge is -2.08. The molecule has 7 heavy (non-hydrogen) atoms. The number of fused-ring (bicyclic) bond motifs is 1. The maximum absolute atomic E-state index is 3.89. The maximum atomic E-state index is 3.89. The molecular weight excluding hydrogens is 86.1 g/mol. The lowest BCUT2D eigenvalue weighted by Crippen LogP contribution is -2.08. The van der Waals surface area contributed by atoms with Crippen molar-refractivity contribution in [2.45, 2.75) is 12.5 Å². The molecule has 0 spiro atoms. The molecule has 2 aliphatic rings. The molecule has 2 unspecified atom stereocenters. The standard InChI is InChI=1S/C6H7N/c1-7-6-3-4-2-5(4)6/h3,5-6H,1-2H2. The van der Waals surface area contributed by atoms with Gasteiger partial charge < -0.3 is 0 Å². The predicted octanol–water partition coefficient (Wildman–Crippen LogP) is 1.02. The zero-order valence-corrected chi connectivity index (χ0v) is 4.09. The highest BCUT2D eigenvalue weighted by Crippen LogP contribution is 2.50. The third-order valence-electron chi connectivity index (χ3n) is 1.78. The smallest absolute Gasteiger partial charge is 0.0743 e. The Balaban J connectivity index is 2.21. The Kier molecular flexibility index (Phi) is 0.394. The van der Waals surface area contributed by atoms with Gasteiger partial charge in [-0.15, -0.1) is 0 Å². The quantitative estimate of drug-likeness (QED) is 0.339. The van der Waals surface area contributed by atoms with E-state index in [-0.39, 0.29) is 0 Å². The minimum Gasteiger partial charge on any atom is -0.293 e. The van der Waals surface area contributed by atoms with E-state index >= 15 is 0 Å². The maximum Gasteiger partial charge on any atom is 0.0743 e. The molecule has 0 aromatic carbocycles. The second kappa shape index (κ2) is 0.808. The molecule has 2 aliphatic carbocycles. The zero-order chi connectivity index (χ0) is 4.85. The largest absolute Gasteiger partial charge is 0.293 e. The molecule has 0 radical (unpaired) electrons. The fourth-order valence-electron chi connectivity index (χ4n) is 1.12. The van der Waals surface area contributed by atoms with Gasteiger partial charge in [0.1, 0.15) is 0 Å². The molecular formula is C6H7N. The summed E-state index contributed by atoms with van der Waals surface area (Å²) < 4.78 is 0. The average molecular weight is 93.1 g/mol. The van der Waals surface area contributed by atoms with Gasteiger partial charge in [-0.1, -0.05) is 11.6 Å². The summed E-state index contributed by atoms with van der Waals surface area (Å²) in [6, 6.07) is 0.509. The Morgan fingerprint density at radius 2 is 2.71 bits per heavy atom. The van der Waals surface area contributed by atoms with E-state index < -0.39 is 0 Å². The Morgan fingerprint density at radius 3 is 2.86 bits per heavy atom. The van der Waals surface area contributed by atoms with Gasteiger partial charge in [-0.05, 0) is 13.1 Å². The lowest BCUT2D eigenvalue weighted by atomic mass is 10.1. The van der Waals surface area contributed by atoms with Crippen molar-refractivity contribution in [3.63, 3.8) is 0 Å². The van der Waals surface area contributed by atoms with Crippen molar-refractivity contribution in [1.29, 1.82) is 0 Å². The van der Waals surface area contributed by atoms with Crippen LogP contribution in [-0.2, 0) is 0 Å². The Hall–Kier alpha value is -0.590. The average Bonchev–Trinajstić information content (AvgIpc) is 2.18. The van der Waals surface area contributed by atoms with Gasteiger partial charge in [0.2, 0.25) is 0 Å². The molecule has 0 heterocycles. The number of rotatable bonds is 1. The first-order chi connectivity index (χ1) is 3.42. The van der Waals surface area contributed by atoms with E-state index in [1.807, 2.05) is 0 Å². The number of hydrogen-bond acceptors (Lipinski definition) is 1. The first kappa shape index (κ1) is 3.42. The van der Waals surface area contributed by atoms with Crippen LogP contribution in [0.5, 0.6) is 0 Å². The summed E-state index contributed by atoms with van der Waals surface area (Å²) in [7, 11) is 0. The van der Waals surface area contributed by atoms with Crippen LogP contribution in [0.15, 0.2) is 16.6 Å². The van der Waals surface area contributed by atoms with Crippen molar-refractivity contribution in [3.05, 3.63) is 11.6 Å². The third-order valence-corrected chi connectivity index (χ3v) is 1.78. The normalized spacial score (nSPS) is 43.1. The predicted molar refractivity (Wildman–Crippen MR) is 29.5 cm³/mol. The summed E-state index contributed by atoms with van der Waals surface area (Å²) in [6.45, 7) is 3.47. The third kappa shape index (κ3) is 0.265. The highest BCUT2D eigenvalue weighted by Gasteiger charge is 2.43. The summed E-state index contributed by atoms with van der Waals surface area (Å²) >= 11 is 0. The second-order valence-corrected chi connectivity index (χ2v) is 2.23. The van der Waals surface area contributed by atoms with Crippen molar-refractivity contribution >= 4 is 6.72 Å². The van der Waals surface area contributed by atoms with E-state index in [4.69, 9.17) is 0 Å². The Labute approximate surface area is 42.8 Å². The van der Waals surface area contributed by atoms with Crippen LogP contribution in [0.4, 0.5) is 0 Å². The van der Waals surface area contributed by atoms with Crippen molar-refractivity contribution in [3.8, 4) is 0 Å². The molecule has 1 nitrogen and oxygen atoms in total. The van der Waals surface area contributed by atoms with Gasteiger partial charge in [0.05, 0.1) is 6.04 Å². The number of nitrogens with zero attached hydrogens (tertiary/aromatic N) is 1. The number of aliphatic imine (C=N–C) groups is 1. The molecule has 0 saturated heterocycles. The topological polar surface area (TPSA) is 12.4 Å². The van der Waals surface area contributed by atoms with Gasteiger partial charge in [0, 0.05) is 5.92 Å². The summed E-state index contributed by atoms with van der Waals surface area (Å²) in [5.74, 6) is 0.845. The molecule has 1 heteroatoms. The lowest BCUT2D eigenvalue weighted by molar-refractivity contribution is 0.701. The molecule has 1 fully saturated rings. The van der Waals surface area contributed by atoms with E-state index in [0.717, 1.165) is 5.92 Å². The van der Waals surface area contributed by atoms with Gasteiger partial charge in [0.15, 0.2) is 0 Å². The van der Waals surface area contributed by atoms with Crippen LogP contribution in [-0.4, -0.2) is 12.8 Å². The van der Waals surface area contributed by atoms with Gasteiger partial charge in [-0.3, -0.25) is 4.99 Å². The minimum absolute atomic E-state index is 0.509. The first-order valence-electron chi connectivity index (χ1n) is 2.58. The summed E-state index contributed by atoms with van der Waals surface area (Å²) in [6.07, 6.45) is 3.52. The minimum atomic E-state index is 0.509. The van der Waals surface area contributed by atoms with E-state index in [0.29, 0.717) is 6.04 Å². The van der Waals surface area contributed by atoms with Crippen molar-refractivity contribution in [2.24, 2.45) is 10.9 Å². The SMILES string of the molecule is C=NC1C=C2CC21. The molecule has 0 bridgehead atoms. The van der Waals surface area contributed by atoms with Crippen LogP contribution in [0.2, 0.25) is 0 Å². The highest BCUT2D eigenvalue weighted by atomic mass is 14.8. The van der Waals surface area contributed by atoms with Crippen LogP contribution < -0.4 is 0 Å². The van der Waals surface area contributed by atoms with Crippen LogP contribution in [0.1, 0.15) is 6.42 Å². The van der Waals surface area contributed by atoms with E-state index in [2.05, 4.69) is 17.8 Å². The van der Waals surface area contributed by atoms with Crippen LogP contribution in [0.3, 0.4) is 0 Å². The summed E-state index contributed by atoms with van der Waals surface area (Å²) in [5, 5.41) is 0. The molecule has 0 aromatic rings. The van der Waals surface area contributed by atoms with Crippen molar-refractivity contribution in [1.82, 2.24) is 0 Å². The molecule has 2 rings (SSSR count). The molecule has 36 valence electrons. The monoisotopic (exact) mass is 93.1 g/mol. The fraction of sp³-hybridized carbons (Fsp3) is 0.500. The van der Waals surface area contributed by atoms with Gasteiger partial charge >= 0.3 is 0 Å². The van der Waals surface area contributed by atoms with Crippen LogP contribution in [0, 0.1) is 5.92 Å². The molecule has 2 atom stereocenters. The molecule has 0 aromatic heterocycles. The van der Waals surface area contributed by atoms with E-state index in [1.165, 1.54) is 6.42 Å². The second-order valence-electron chi connectivity index (χ2n) is 2.23. The molecule has 0 aliphatic heterocycles. The first-order valence-corrected chi connectivity index (χ1v) is 2.58. The van der Waals surface area contributed by atoms with Gasteiger partial charge in [-0.25, -0.2) is 0 Å². The zero-order valence-electron chi connectivity index (χ0n) is 4.09. The van der Waals surface area contributed by atoms with E-state index in [9.17, 15) is 0 Å². The van der Waals surface area contributed by atoms with E-state index in [1.54, 1.807) is 5.57 Å². The highest BCUT2D eigenvalue weighted by molar-refractivity contribution is 5.43. The van der Waals surface area contributed by atoms with Crippen molar-refractivity contribution in [2.75, 3.05) is 0 Å². The van der Waals surface area contributed by atoms with Crippen LogP contribution >= 0.6 is 0 Å². The summed E-state index contributed by atoms with van der Waals surface area (Å²) in [5.41, 5.74) is 1.61. The Morgan fingerprint density at radius 1 is 1.86 bits per heavy atom. The van der Waals surface area contributed by atoms with Crippen molar-refractivity contribution < 1.29 is 0 Å². The molecule has 0 amide bonds. The van der Waals surface area contributed by atoms with Gasteiger partial charge in [-0.2, -0.15) is 0 Å². The molecule has 1 saturated carbocycles. The number of hydrogen-bond donors (Lipinski definition) is 0. The summed E-state index contributed by atoms with van der Waals surface area (Å²) in [4.78, 5) is 3.89. The van der Waals surface area contributed by atoms with Crippen LogP contribution in [0.25, 0.3) is 0 Å². The molecule has 0 N–H and O–H groups in total. The Bertz CT molecular complexity index is 146.